The van der Waals surface area contributed by atoms with Crippen LogP contribution in [-0.4, -0.2) is 50.0 Å². The molecule has 2 rings (SSSR count). The van der Waals surface area contributed by atoms with Crippen molar-refractivity contribution in [3.05, 3.63) is 11.6 Å². The Morgan fingerprint density at radius 1 is 1.12 bits per heavy atom. The fourth-order valence-electron chi connectivity index (χ4n) is 2.60. The molecule has 0 amide bonds. The molecule has 2 saturated heterocycles. The van der Waals surface area contributed by atoms with Gasteiger partial charge in [0.05, 0.1) is 12.2 Å². The molecular weight excluding hydrogens is 238 g/mol. The summed E-state index contributed by atoms with van der Waals surface area (Å²) in [7, 11) is 0. The summed E-state index contributed by atoms with van der Waals surface area (Å²) < 4.78 is 11.3. The van der Waals surface area contributed by atoms with Gasteiger partial charge >= 0.3 is 0 Å². The van der Waals surface area contributed by atoms with Crippen LogP contribution in [0.15, 0.2) is 11.6 Å². The van der Waals surface area contributed by atoms with E-state index in [0.717, 1.165) is 45.7 Å². The molecule has 2 atom stereocenters. The molecule has 0 N–H and O–H groups in total. The molecule has 2 heterocycles. The number of rotatable bonds is 6. The van der Waals surface area contributed by atoms with Crippen LogP contribution in [0, 0.1) is 0 Å². The van der Waals surface area contributed by atoms with Crippen molar-refractivity contribution in [1.82, 2.24) is 4.90 Å². The van der Waals surface area contributed by atoms with E-state index in [9.17, 15) is 0 Å². The van der Waals surface area contributed by atoms with Gasteiger partial charge in [-0.2, -0.15) is 0 Å². The Hall–Kier alpha value is -0.0900. The van der Waals surface area contributed by atoms with Crippen molar-refractivity contribution >= 4 is 11.6 Å². The molecule has 0 aromatic carbocycles. The minimum atomic E-state index is 0.368. The predicted molar refractivity (Wildman–Crippen MR) is 69.4 cm³/mol. The van der Waals surface area contributed by atoms with Gasteiger partial charge in [-0.3, -0.25) is 4.90 Å². The molecule has 0 bridgehead atoms. The smallest absolute Gasteiger partial charge is 0.0703 e. The lowest BCUT2D eigenvalue weighted by molar-refractivity contribution is 0.0417. The Morgan fingerprint density at radius 3 is 2.00 bits per heavy atom. The molecule has 98 valence electrons. The van der Waals surface area contributed by atoms with Crippen molar-refractivity contribution < 1.29 is 9.47 Å². The average Bonchev–Trinajstić information content (AvgIpc) is 2.89. The van der Waals surface area contributed by atoms with E-state index in [2.05, 4.69) is 11.5 Å². The van der Waals surface area contributed by atoms with Crippen molar-refractivity contribution in [2.45, 2.75) is 37.9 Å². The summed E-state index contributed by atoms with van der Waals surface area (Å²) in [6, 6.07) is 0. The Balaban J connectivity index is 1.80. The summed E-state index contributed by atoms with van der Waals surface area (Å²) >= 11 is 5.93. The Kier molecular flexibility index (Phi) is 5.29. The summed E-state index contributed by atoms with van der Waals surface area (Å²) in [5, 5.41) is 0.695. The SMILES string of the molecule is C=C(Cl)CN(C[C@@H]1CCCO1)C[C@@H]1CCCO1. The first-order valence-corrected chi connectivity index (χ1v) is 6.90. The molecule has 0 radical (unpaired) electrons. The highest BCUT2D eigenvalue weighted by Gasteiger charge is 2.23. The molecule has 0 aromatic heterocycles. The molecule has 0 aromatic rings. The minimum absolute atomic E-state index is 0.368. The van der Waals surface area contributed by atoms with Crippen LogP contribution in [0.3, 0.4) is 0 Å². The highest BCUT2D eigenvalue weighted by molar-refractivity contribution is 6.29. The van der Waals surface area contributed by atoms with Crippen molar-refractivity contribution in [3.8, 4) is 0 Å². The van der Waals surface area contributed by atoms with E-state index in [-0.39, 0.29) is 0 Å². The first kappa shape index (κ1) is 13.3. The molecule has 0 unspecified atom stereocenters. The van der Waals surface area contributed by atoms with Gasteiger partial charge in [0.2, 0.25) is 0 Å². The zero-order valence-electron chi connectivity index (χ0n) is 10.4. The fourth-order valence-corrected chi connectivity index (χ4v) is 2.77. The van der Waals surface area contributed by atoms with Gasteiger partial charge in [0.15, 0.2) is 0 Å². The van der Waals surface area contributed by atoms with Crippen molar-refractivity contribution in [3.63, 3.8) is 0 Å². The van der Waals surface area contributed by atoms with Gasteiger partial charge in [-0.1, -0.05) is 18.2 Å². The van der Waals surface area contributed by atoms with Gasteiger partial charge in [-0.15, -0.1) is 0 Å². The summed E-state index contributed by atoms with van der Waals surface area (Å²) in [5.41, 5.74) is 0. The number of hydrogen-bond donors (Lipinski definition) is 0. The second kappa shape index (κ2) is 6.74. The van der Waals surface area contributed by atoms with E-state index in [1.54, 1.807) is 0 Å². The molecule has 2 aliphatic rings. The second-order valence-electron chi connectivity index (χ2n) is 4.98. The van der Waals surface area contributed by atoms with E-state index in [4.69, 9.17) is 21.1 Å². The molecule has 3 nitrogen and oxygen atoms in total. The minimum Gasteiger partial charge on any atom is -0.377 e. The third-order valence-corrected chi connectivity index (χ3v) is 3.49. The van der Waals surface area contributed by atoms with Crippen LogP contribution >= 0.6 is 11.6 Å². The topological polar surface area (TPSA) is 21.7 Å². The second-order valence-corrected chi connectivity index (χ2v) is 5.52. The number of hydrogen-bond acceptors (Lipinski definition) is 3. The van der Waals surface area contributed by atoms with Crippen LogP contribution in [0.25, 0.3) is 0 Å². The maximum absolute atomic E-state index is 5.93. The van der Waals surface area contributed by atoms with E-state index < -0.39 is 0 Å². The van der Waals surface area contributed by atoms with E-state index in [0.29, 0.717) is 17.2 Å². The zero-order valence-corrected chi connectivity index (χ0v) is 11.1. The van der Waals surface area contributed by atoms with Gasteiger partial charge in [0.25, 0.3) is 0 Å². The monoisotopic (exact) mass is 259 g/mol. The average molecular weight is 260 g/mol. The highest BCUT2D eigenvalue weighted by Crippen LogP contribution is 2.18. The first-order valence-electron chi connectivity index (χ1n) is 6.53. The third-order valence-electron chi connectivity index (χ3n) is 3.37. The van der Waals surface area contributed by atoms with Crippen molar-refractivity contribution in [2.24, 2.45) is 0 Å². The predicted octanol–water partition coefficient (Wildman–Crippen LogP) is 2.40. The number of halogens is 1. The highest BCUT2D eigenvalue weighted by atomic mass is 35.5. The number of nitrogens with zero attached hydrogens (tertiary/aromatic N) is 1. The Bertz CT molecular complexity index is 230. The van der Waals surface area contributed by atoms with Gasteiger partial charge in [-0.05, 0) is 25.7 Å². The van der Waals surface area contributed by atoms with E-state index in [1.165, 1.54) is 12.8 Å². The molecule has 2 fully saturated rings. The normalized spacial score (nSPS) is 29.1. The quantitative estimate of drug-likeness (QED) is 0.731. The summed E-state index contributed by atoms with van der Waals surface area (Å²) in [6.07, 6.45) is 5.42. The van der Waals surface area contributed by atoms with Crippen LogP contribution in [0.2, 0.25) is 0 Å². The number of ether oxygens (including phenoxy) is 2. The van der Waals surface area contributed by atoms with Crippen LogP contribution in [0.4, 0.5) is 0 Å². The lowest BCUT2D eigenvalue weighted by Gasteiger charge is -2.27. The van der Waals surface area contributed by atoms with Crippen LogP contribution in [0.5, 0.6) is 0 Å². The van der Waals surface area contributed by atoms with Crippen LogP contribution in [-0.2, 0) is 9.47 Å². The van der Waals surface area contributed by atoms with Crippen LogP contribution < -0.4 is 0 Å². The van der Waals surface area contributed by atoms with Gasteiger partial charge < -0.3 is 9.47 Å². The molecule has 0 spiro atoms. The van der Waals surface area contributed by atoms with Crippen molar-refractivity contribution in [1.29, 1.82) is 0 Å². The maximum atomic E-state index is 5.93. The van der Waals surface area contributed by atoms with E-state index in [1.807, 2.05) is 0 Å². The standard InChI is InChI=1S/C13H22ClNO2/c1-11(14)8-15(9-12-4-2-6-16-12)10-13-5-3-7-17-13/h12-13H,1-10H2/t12-,13-/m0/s1. The molecule has 4 heteroatoms. The Labute approximate surface area is 109 Å². The van der Waals surface area contributed by atoms with Gasteiger partial charge in [0.1, 0.15) is 0 Å². The maximum Gasteiger partial charge on any atom is 0.0703 e. The first-order chi connectivity index (χ1) is 8.24. The molecular formula is C13H22ClNO2. The lowest BCUT2D eigenvalue weighted by atomic mass is 10.2. The third kappa shape index (κ3) is 4.59. The Morgan fingerprint density at radius 2 is 1.65 bits per heavy atom. The molecule has 0 aliphatic carbocycles. The summed E-state index contributed by atoms with van der Waals surface area (Å²) in [6.45, 7) is 8.23. The summed E-state index contributed by atoms with van der Waals surface area (Å²) in [5.74, 6) is 0. The zero-order chi connectivity index (χ0) is 12.1. The van der Waals surface area contributed by atoms with Gasteiger partial charge in [0, 0.05) is 37.9 Å². The van der Waals surface area contributed by atoms with Gasteiger partial charge in [-0.25, -0.2) is 0 Å². The molecule has 0 saturated carbocycles. The fraction of sp³-hybridized carbons (Fsp3) is 0.846. The summed E-state index contributed by atoms with van der Waals surface area (Å²) in [4.78, 5) is 2.32. The molecule has 2 aliphatic heterocycles. The lowest BCUT2D eigenvalue weighted by Crippen LogP contribution is -2.38. The van der Waals surface area contributed by atoms with Crippen molar-refractivity contribution in [2.75, 3.05) is 32.8 Å². The molecule has 17 heavy (non-hydrogen) atoms. The van der Waals surface area contributed by atoms with E-state index >= 15 is 0 Å². The van der Waals surface area contributed by atoms with Crippen LogP contribution in [0.1, 0.15) is 25.7 Å². The largest absolute Gasteiger partial charge is 0.377 e.